The minimum absolute atomic E-state index is 0.466. The third kappa shape index (κ3) is 2.00. The lowest BCUT2D eigenvalue weighted by Gasteiger charge is -2.35. The van der Waals surface area contributed by atoms with Crippen LogP contribution in [0.2, 0.25) is 0 Å². The van der Waals surface area contributed by atoms with Crippen LogP contribution in [0.3, 0.4) is 0 Å². The molecule has 2 heterocycles. The number of rotatable bonds is 1. The molecule has 17 heavy (non-hydrogen) atoms. The first-order valence-electron chi connectivity index (χ1n) is 6.09. The minimum Gasteiger partial charge on any atom is -0.423 e. The van der Waals surface area contributed by atoms with Gasteiger partial charge in [0.25, 0.3) is 6.01 Å². The maximum absolute atomic E-state index is 5.79. The Morgan fingerprint density at radius 2 is 1.94 bits per heavy atom. The standard InChI is InChI=1S/C13H17N3O/c1-9-7-16(8-10(2)14-9)13-15-11-5-3-4-6-12(11)17-13/h3-6,9-10,14H,7-8H2,1-2H3. The van der Waals surface area contributed by atoms with Gasteiger partial charge in [0.15, 0.2) is 5.58 Å². The van der Waals surface area contributed by atoms with Gasteiger partial charge in [0.05, 0.1) is 0 Å². The zero-order chi connectivity index (χ0) is 11.8. The van der Waals surface area contributed by atoms with E-state index in [4.69, 9.17) is 4.42 Å². The van der Waals surface area contributed by atoms with Gasteiger partial charge >= 0.3 is 0 Å². The molecule has 1 saturated heterocycles. The van der Waals surface area contributed by atoms with Crippen molar-refractivity contribution in [3.05, 3.63) is 24.3 Å². The number of fused-ring (bicyclic) bond motifs is 1. The van der Waals surface area contributed by atoms with Crippen molar-refractivity contribution in [2.24, 2.45) is 0 Å². The molecule has 4 heteroatoms. The molecular formula is C13H17N3O. The number of benzene rings is 1. The number of piperazine rings is 1. The summed E-state index contributed by atoms with van der Waals surface area (Å²) in [5.74, 6) is 0. The predicted molar refractivity (Wildman–Crippen MR) is 68.3 cm³/mol. The van der Waals surface area contributed by atoms with Crippen molar-refractivity contribution < 1.29 is 4.42 Å². The van der Waals surface area contributed by atoms with Crippen LogP contribution >= 0.6 is 0 Å². The first kappa shape index (κ1) is 10.6. The number of nitrogens with one attached hydrogen (secondary N) is 1. The first-order valence-corrected chi connectivity index (χ1v) is 6.09. The molecule has 0 amide bonds. The lowest BCUT2D eigenvalue weighted by molar-refractivity contribution is 0.389. The Kier molecular flexibility index (Phi) is 2.52. The molecule has 0 aliphatic carbocycles. The first-order chi connectivity index (χ1) is 8.22. The van der Waals surface area contributed by atoms with Gasteiger partial charge in [-0.2, -0.15) is 4.98 Å². The second-order valence-electron chi connectivity index (χ2n) is 4.84. The number of anilines is 1. The van der Waals surface area contributed by atoms with E-state index in [0.717, 1.165) is 30.2 Å². The van der Waals surface area contributed by atoms with Crippen molar-refractivity contribution in [2.45, 2.75) is 25.9 Å². The Balaban J connectivity index is 1.92. The number of nitrogens with zero attached hydrogens (tertiary/aromatic N) is 2. The Morgan fingerprint density at radius 1 is 1.24 bits per heavy atom. The number of hydrogen-bond acceptors (Lipinski definition) is 4. The van der Waals surface area contributed by atoms with E-state index in [1.807, 2.05) is 24.3 Å². The quantitative estimate of drug-likeness (QED) is 0.815. The van der Waals surface area contributed by atoms with E-state index in [9.17, 15) is 0 Å². The zero-order valence-corrected chi connectivity index (χ0v) is 10.2. The van der Waals surface area contributed by atoms with Gasteiger partial charge in [0.1, 0.15) is 5.52 Å². The van der Waals surface area contributed by atoms with Crippen LogP contribution in [0.15, 0.2) is 28.7 Å². The van der Waals surface area contributed by atoms with Gasteiger partial charge in [-0.05, 0) is 26.0 Å². The van der Waals surface area contributed by atoms with Gasteiger partial charge in [-0.1, -0.05) is 12.1 Å². The van der Waals surface area contributed by atoms with Crippen LogP contribution in [0.4, 0.5) is 6.01 Å². The molecule has 1 fully saturated rings. The smallest absolute Gasteiger partial charge is 0.298 e. The van der Waals surface area contributed by atoms with Crippen molar-refractivity contribution in [1.82, 2.24) is 10.3 Å². The van der Waals surface area contributed by atoms with Crippen LogP contribution < -0.4 is 10.2 Å². The Hall–Kier alpha value is -1.55. The van der Waals surface area contributed by atoms with Gasteiger partial charge in [0, 0.05) is 25.2 Å². The number of aromatic nitrogens is 1. The fourth-order valence-electron chi connectivity index (χ4n) is 2.48. The van der Waals surface area contributed by atoms with Crippen molar-refractivity contribution in [3.63, 3.8) is 0 Å². The van der Waals surface area contributed by atoms with E-state index in [-0.39, 0.29) is 0 Å². The van der Waals surface area contributed by atoms with Crippen LogP contribution in [0.25, 0.3) is 11.1 Å². The molecule has 0 saturated carbocycles. The SMILES string of the molecule is CC1CN(c2nc3ccccc3o2)CC(C)N1. The summed E-state index contributed by atoms with van der Waals surface area (Å²) in [4.78, 5) is 6.75. The van der Waals surface area contributed by atoms with Crippen molar-refractivity contribution in [1.29, 1.82) is 0 Å². The summed E-state index contributed by atoms with van der Waals surface area (Å²) in [5, 5.41) is 3.50. The molecule has 0 radical (unpaired) electrons. The van der Waals surface area contributed by atoms with Gasteiger partial charge in [-0.25, -0.2) is 0 Å². The highest BCUT2D eigenvalue weighted by Crippen LogP contribution is 2.23. The minimum atomic E-state index is 0.466. The monoisotopic (exact) mass is 231 g/mol. The van der Waals surface area contributed by atoms with Crippen LogP contribution in [0, 0.1) is 0 Å². The predicted octanol–water partition coefficient (Wildman–Crippen LogP) is 2.01. The largest absolute Gasteiger partial charge is 0.423 e. The second-order valence-corrected chi connectivity index (χ2v) is 4.84. The van der Waals surface area contributed by atoms with Gasteiger partial charge in [-0.15, -0.1) is 0 Å². The van der Waals surface area contributed by atoms with E-state index >= 15 is 0 Å². The highest BCUT2D eigenvalue weighted by atomic mass is 16.4. The summed E-state index contributed by atoms with van der Waals surface area (Å²) in [6, 6.07) is 9.57. The Bertz CT molecular complexity index is 479. The molecule has 0 bridgehead atoms. The van der Waals surface area contributed by atoms with Crippen molar-refractivity contribution in [2.75, 3.05) is 18.0 Å². The molecule has 2 atom stereocenters. The van der Waals surface area contributed by atoms with Crippen LogP contribution in [0.5, 0.6) is 0 Å². The van der Waals surface area contributed by atoms with E-state index in [1.165, 1.54) is 0 Å². The summed E-state index contributed by atoms with van der Waals surface area (Å²) in [6.07, 6.45) is 0. The van der Waals surface area contributed by atoms with Crippen LogP contribution in [0.1, 0.15) is 13.8 Å². The summed E-state index contributed by atoms with van der Waals surface area (Å²) in [6.45, 7) is 6.25. The molecule has 90 valence electrons. The van der Waals surface area contributed by atoms with E-state index in [2.05, 4.69) is 29.0 Å². The molecule has 2 aromatic rings. The van der Waals surface area contributed by atoms with E-state index in [0.29, 0.717) is 12.1 Å². The third-order valence-corrected chi connectivity index (χ3v) is 3.11. The van der Waals surface area contributed by atoms with Gasteiger partial charge in [-0.3, -0.25) is 0 Å². The molecule has 2 unspecified atom stereocenters. The molecule has 4 nitrogen and oxygen atoms in total. The lowest BCUT2D eigenvalue weighted by atomic mass is 10.2. The third-order valence-electron chi connectivity index (χ3n) is 3.11. The molecular weight excluding hydrogens is 214 g/mol. The Labute approximate surface area is 101 Å². The fraction of sp³-hybridized carbons (Fsp3) is 0.462. The second kappa shape index (κ2) is 4.04. The van der Waals surface area contributed by atoms with Crippen molar-refractivity contribution in [3.8, 4) is 0 Å². The average Bonchev–Trinajstić information content (AvgIpc) is 2.71. The molecule has 1 aromatic heterocycles. The van der Waals surface area contributed by atoms with Gasteiger partial charge in [0.2, 0.25) is 0 Å². The van der Waals surface area contributed by atoms with Crippen LogP contribution in [-0.2, 0) is 0 Å². The molecule has 1 aromatic carbocycles. The number of para-hydroxylation sites is 2. The molecule has 1 aliphatic rings. The normalized spacial score (nSPS) is 25.4. The summed E-state index contributed by atoms with van der Waals surface area (Å²) in [5.41, 5.74) is 1.79. The molecule has 1 N–H and O–H groups in total. The molecule has 0 spiro atoms. The van der Waals surface area contributed by atoms with Gasteiger partial charge < -0.3 is 14.6 Å². The highest BCUT2D eigenvalue weighted by Gasteiger charge is 2.24. The number of oxazole rings is 1. The van der Waals surface area contributed by atoms with E-state index < -0.39 is 0 Å². The molecule has 3 rings (SSSR count). The zero-order valence-electron chi connectivity index (χ0n) is 10.2. The molecule has 1 aliphatic heterocycles. The van der Waals surface area contributed by atoms with Crippen molar-refractivity contribution >= 4 is 17.1 Å². The van der Waals surface area contributed by atoms with Crippen LogP contribution in [-0.4, -0.2) is 30.2 Å². The highest BCUT2D eigenvalue weighted by molar-refractivity contribution is 5.74. The maximum Gasteiger partial charge on any atom is 0.298 e. The summed E-state index contributed by atoms with van der Waals surface area (Å²) >= 11 is 0. The lowest BCUT2D eigenvalue weighted by Crippen LogP contribution is -2.54. The van der Waals surface area contributed by atoms with E-state index in [1.54, 1.807) is 0 Å². The topological polar surface area (TPSA) is 41.3 Å². The average molecular weight is 231 g/mol. The summed E-state index contributed by atoms with van der Waals surface area (Å²) < 4.78 is 5.79. The Morgan fingerprint density at radius 3 is 2.65 bits per heavy atom. The fourth-order valence-corrected chi connectivity index (χ4v) is 2.48. The maximum atomic E-state index is 5.79. The summed E-state index contributed by atoms with van der Waals surface area (Å²) in [7, 11) is 0. The number of hydrogen-bond donors (Lipinski definition) is 1.